The zero-order valence-corrected chi connectivity index (χ0v) is 18.6. The summed E-state index contributed by atoms with van der Waals surface area (Å²) in [6.07, 6.45) is 1.36. The number of nitrogens with one attached hydrogen (secondary N) is 1. The summed E-state index contributed by atoms with van der Waals surface area (Å²) in [6, 6.07) is 4.29. The van der Waals surface area contributed by atoms with Crippen LogP contribution in [0.5, 0.6) is 0 Å². The zero-order chi connectivity index (χ0) is 22.5. The molecule has 1 N–H and O–H groups in total. The van der Waals surface area contributed by atoms with Gasteiger partial charge in [-0.05, 0) is 51.4 Å². The van der Waals surface area contributed by atoms with Gasteiger partial charge in [0, 0.05) is 25.7 Å². The van der Waals surface area contributed by atoms with Crippen molar-refractivity contribution in [3.05, 3.63) is 29.3 Å². The topological polar surface area (TPSA) is 113 Å². The van der Waals surface area contributed by atoms with E-state index in [-0.39, 0.29) is 41.3 Å². The molecular weight excluding hydrogens is 410 g/mol. The van der Waals surface area contributed by atoms with Gasteiger partial charge in [0.1, 0.15) is 0 Å². The number of rotatable bonds is 7. The van der Waals surface area contributed by atoms with Crippen molar-refractivity contribution < 1.29 is 27.5 Å². The lowest BCUT2D eigenvalue weighted by molar-refractivity contribution is -0.151. The predicted octanol–water partition coefficient (Wildman–Crippen LogP) is 0.777. The van der Waals surface area contributed by atoms with Gasteiger partial charge in [0.2, 0.25) is 15.9 Å². The van der Waals surface area contributed by atoms with E-state index in [0.717, 1.165) is 0 Å². The summed E-state index contributed by atoms with van der Waals surface area (Å²) in [6.45, 7) is 4.36. The predicted molar refractivity (Wildman–Crippen MR) is 110 cm³/mol. The van der Waals surface area contributed by atoms with Crippen LogP contribution in [0.3, 0.4) is 0 Å². The summed E-state index contributed by atoms with van der Waals surface area (Å²) in [5.41, 5.74) is 0.819. The highest BCUT2D eigenvalue weighted by molar-refractivity contribution is 7.89. The van der Waals surface area contributed by atoms with Crippen molar-refractivity contribution in [2.24, 2.45) is 5.92 Å². The molecule has 1 aliphatic rings. The SMILES string of the molecule is CCOC(=O)C1CCCN(C(=O)CN(C)C(=O)c2cc(S(=O)(=O)NC)ccc2C)C1. The number of hydrogen-bond acceptors (Lipinski definition) is 6. The Morgan fingerprint density at radius 3 is 2.63 bits per heavy atom. The highest BCUT2D eigenvalue weighted by Gasteiger charge is 2.30. The number of ether oxygens (including phenoxy) is 1. The highest BCUT2D eigenvalue weighted by Crippen LogP contribution is 2.20. The molecule has 2 rings (SSSR count). The number of amides is 2. The van der Waals surface area contributed by atoms with Crippen LogP contribution in [0.15, 0.2) is 23.1 Å². The molecule has 1 atom stereocenters. The smallest absolute Gasteiger partial charge is 0.310 e. The number of hydrogen-bond donors (Lipinski definition) is 1. The van der Waals surface area contributed by atoms with E-state index >= 15 is 0 Å². The first-order valence-corrected chi connectivity index (χ1v) is 11.3. The van der Waals surface area contributed by atoms with Crippen molar-refractivity contribution in [1.29, 1.82) is 0 Å². The summed E-state index contributed by atoms with van der Waals surface area (Å²) in [7, 11) is -0.909. The van der Waals surface area contributed by atoms with Crippen molar-refractivity contribution in [3.8, 4) is 0 Å². The third kappa shape index (κ3) is 5.57. The van der Waals surface area contributed by atoms with Crippen LogP contribution in [0.2, 0.25) is 0 Å². The van der Waals surface area contributed by atoms with Gasteiger partial charge in [-0.15, -0.1) is 0 Å². The average molecular weight is 440 g/mol. The van der Waals surface area contributed by atoms with Gasteiger partial charge in [0.05, 0.1) is 24.0 Å². The zero-order valence-electron chi connectivity index (χ0n) is 17.8. The number of carbonyl (C=O) groups is 3. The fraction of sp³-hybridized carbons (Fsp3) is 0.550. The second-order valence-corrected chi connectivity index (χ2v) is 9.16. The molecule has 0 saturated carbocycles. The summed E-state index contributed by atoms with van der Waals surface area (Å²) >= 11 is 0. The second kappa shape index (κ2) is 10.0. The normalized spacial score (nSPS) is 16.8. The van der Waals surface area contributed by atoms with Gasteiger partial charge in [-0.25, -0.2) is 13.1 Å². The van der Waals surface area contributed by atoms with Crippen molar-refractivity contribution in [1.82, 2.24) is 14.5 Å². The lowest BCUT2D eigenvalue weighted by atomic mass is 9.98. The van der Waals surface area contributed by atoms with Crippen LogP contribution in [-0.4, -0.2) is 76.3 Å². The van der Waals surface area contributed by atoms with Gasteiger partial charge in [-0.1, -0.05) is 6.07 Å². The Bertz CT molecular complexity index is 915. The van der Waals surface area contributed by atoms with Crippen LogP contribution >= 0.6 is 0 Å². The van der Waals surface area contributed by atoms with Crippen LogP contribution < -0.4 is 4.72 Å². The standard InChI is InChI=1S/C20H29N3O6S/c1-5-29-20(26)15-7-6-10-23(12-15)18(24)13-22(4)19(25)17-11-16(9-8-14(17)2)30(27,28)21-3/h8-9,11,15,21H,5-7,10,12-13H2,1-4H3. The molecule has 1 aromatic carbocycles. The molecule has 1 fully saturated rings. The maximum atomic E-state index is 12.9. The van der Waals surface area contributed by atoms with Crippen molar-refractivity contribution >= 4 is 27.8 Å². The molecule has 0 aliphatic carbocycles. The molecule has 10 heteroatoms. The Morgan fingerprint density at radius 2 is 2.00 bits per heavy atom. The van der Waals surface area contributed by atoms with Gasteiger partial charge in [0.25, 0.3) is 5.91 Å². The number of benzene rings is 1. The number of likely N-dealkylation sites (tertiary alicyclic amines) is 1. The fourth-order valence-electron chi connectivity index (χ4n) is 3.35. The minimum absolute atomic E-state index is 0.0213. The summed E-state index contributed by atoms with van der Waals surface area (Å²) in [5.74, 6) is -1.38. The van der Waals surface area contributed by atoms with E-state index in [1.54, 1.807) is 24.8 Å². The monoisotopic (exact) mass is 439 g/mol. The Balaban J connectivity index is 2.09. The third-order valence-electron chi connectivity index (χ3n) is 5.13. The minimum atomic E-state index is -3.70. The van der Waals surface area contributed by atoms with Crippen molar-refractivity contribution in [2.75, 3.05) is 40.3 Å². The number of likely N-dealkylation sites (N-methyl/N-ethyl adjacent to an activating group) is 1. The first-order chi connectivity index (χ1) is 14.1. The molecule has 9 nitrogen and oxygen atoms in total. The van der Waals surface area contributed by atoms with Crippen LogP contribution in [0, 0.1) is 12.8 Å². The molecule has 30 heavy (non-hydrogen) atoms. The lowest BCUT2D eigenvalue weighted by Crippen LogP contribution is -2.47. The first-order valence-electron chi connectivity index (χ1n) is 9.84. The van der Waals surface area contributed by atoms with Crippen molar-refractivity contribution in [3.63, 3.8) is 0 Å². The van der Waals surface area contributed by atoms with Crippen molar-refractivity contribution in [2.45, 2.75) is 31.6 Å². The Hall–Kier alpha value is -2.46. The molecule has 1 unspecified atom stereocenters. The van der Waals surface area contributed by atoms with E-state index in [4.69, 9.17) is 4.74 Å². The summed E-state index contributed by atoms with van der Waals surface area (Å²) in [5, 5.41) is 0. The molecule has 0 aromatic heterocycles. The average Bonchev–Trinajstić information content (AvgIpc) is 2.73. The maximum Gasteiger partial charge on any atom is 0.310 e. The Kier molecular flexibility index (Phi) is 7.96. The van der Waals surface area contributed by atoms with E-state index < -0.39 is 15.9 Å². The second-order valence-electron chi connectivity index (χ2n) is 7.28. The largest absolute Gasteiger partial charge is 0.466 e. The van der Waals surface area contributed by atoms with Crippen LogP contribution in [-0.2, 0) is 24.3 Å². The molecule has 1 saturated heterocycles. The number of piperidine rings is 1. The Morgan fingerprint density at radius 1 is 1.30 bits per heavy atom. The van der Waals surface area contributed by atoms with Gasteiger partial charge >= 0.3 is 5.97 Å². The number of nitrogens with zero attached hydrogens (tertiary/aromatic N) is 2. The number of carbonyl (C=O) groups excluding carboxylic acids is 3. The lowest BCUT2D eigenvalue weighted by Gasteiger charge is -2.32. The molecule has 2 amide bonds. The first kappa shape index (κ1) is 23.8. The van der Waals surface area contributed by atoms with Gasteiger partial charge in [0.15, 0.2) is 0 Å². The molecule has 1 heterocycles. The molecule has 0 radical (unpaired) electrons. The van der Waals surface area contributed by atoms with E-state index in [1.165, 1.54) is 31.1 Å². The molecule has 1 aromatic rings. The van der Waals surface area contributed by atoms with Crippen LogP contribution in [0.1, 0.15) is 35.7 Å². The van der Waals surface area contributed by atoms with Gasteiger partial charge in [-0.3, -0.25) is 14.4 Å². The number of aryl methyl sites for hydroxylation is 1. The summed E-state index contributed by atoms with van der Waals surface area (Å²) < 4.78 is 31.3. The van der Waals surface area contributed by atoms with Gasteiger partial charge in [-0.2, -0.15) is 0 Å². The van der Waals surface area contributed by atoms with E-state index in [0.29, 0.717) is 31.6 Å². The molecule has 1 aliphatic heterocycles. The maximum absolute atomic E-state index is 12.9. The number of esters is 1. The highest BCUT2D eigenvalue weighted by atomic mass is 32.2. The summed E-state index contributed by atoms with van der Waals surface area (Å²) in [4.78, 5) is 40.4. The molecular formula is C20H29N3O6S. The Labute approximate surface area is 177 Å². The fourth-order valence-corrected chi connectivity index (χ4v) is 4.11. The molecule has 0 bridgehead atoms. The third-order valence-corrected chi connectivity index (χ3v) is 6.54. The molecule has 166 valence electrons. The molecule has 0 spiro atoms. The van der Waals surface area contributed by atoms with Crippen LogP contribution in [0.25, 0.3) is 0 Å². The van der Waals surface area contributed by atoms with E-state index in [9.17, 15) is 22.8 Å². The van der Waals surface area contributed by atoms with E-state index in [1.807, 2.05) is 0 Å². The van der Waals surface area contributed by atoms with Gasteiger partial charge < -0.3 is 14.5 Å². The van der Waals surface area contributed by atoms with Crippen LogP contribution in [0.4, 0.5) is 0 Å². The minimum Gasteiger partial charge on any atom is -0.466 e. The van der Waals surface area contributed by atoms with E-state index in [2.05, 4.69) is 4.72 Å². The number of sulfonamides is 1. The quantitative estimate of drug-likeness (QED) is 0.628.